The molecule has 146 valence electrons. The third kappa shape index (κ3) is 3.87. The predicted molar refractivity (Wildman–Crippen MR) is 106 cm³/mol. The number of hydrogen-bond acceptors (Lipinski definition) is 4. The second kappa shape index (κ2) is 7.60. The Labute approximate surface area is 160 Å². The molecule has 0 bridgehead atoms. The number of ether oxygens (including phenoxy) is 1. The number of pyridine rings is 1. The van der Waals surface area contributed by atoms with Crippen LogP contribution in [0.5, 0.6) is 0 Å². The molecule has 2 aliphatic rings. The molecule has 4 heterocycles. The molecule has 2 aromatic rings. The van der Waals surface area contributed by atoms with Gasteiger partial charge in [-0.2, -0.15) is 0 Å². The first-order valence-corrected chi connectivity index (χ1v) is 10.1. The Bertz CT molecular complexity index is 808. The van der Waals surface area contributed by atoms with Gasteiger partial charge in [0.25, 0.3) is 0 Å². The van der Waals surface area contributed by atoms with Crippen molar-refractivity contribution in [3.63, 3.8) is 0 Å². The molecule has 2 saturated heterocycles. The lowest BCUT2D eigenvalue weighted by molar-refractivity contribution is -0.130. The fraction of sp³-hybridized carbons (Fsp3) is 0.619. The number of nitrogens with zero attached hydrogens (tertiary/aromatic N) is 3. The molecule has 2 fully saturated rings. The average Bonchev–Trinajstić information content (AvgIpc) is 3.00. The maximum atomic E-state index is 11.9. The van der Waals surface area contributed by atoms with E-state index in [0.717, 1.165) is 51.2 Å². The van der Waals surface area contributed by atoms with Crippen molar-refractivity contribution >= 4 is 16.9 Å². The minimum atomic E-state index is 0.173. The number of amides is 1. The molecule has 27 heavy (non-hydrogen) atoms. The van der Waals surface area contributed by atoms with Gasteiger partial charge in [-0.3, -0.25) is 9.69 Å². The Hall–Kier alpha value is -1.92. The lowest BCUT2D eigenvalue weighted by Gasteiger charge is -2.36. The number of likely N-dealkylation sites (tertiary alicyclic amines) is 1. The second-order valence-electron chi connectivity index (χ2n) is 8.17. The van der Waals surface area contributed by atoms with Crippen LogP contribution in [-0.2, 0) is 16.1 Å². The zero-order valence-corrected chi connectivity index (χ0v) is 16.6. The summed E-state index contributed by atoms with van der Waals surface area (Å²) >= 11 is 0. The lowest BCUT2D eigenvalue weighted by Crippen LogP contribution is -2.45. The SMILES string of the molecule is CC(=O)N1CCC[C@H](c2[nH]c3ncccc3c2CN2C[C@@H](C)O[C@@H](C)C2)C1. The van der Waals surface area contributed by atoms with E-state index in [1.807, 2.05) is 17.2 Å². The van der Waals surface area contributed by atoms with Crippen molar-refractivity contribution in [3.8, 4) is 0 Å². The summed E-state index contributed by atoms with van der Waals surface area (Å²) in [6, 6.07) is 4.17. The number of rotatable bonds is 3. The largest absolute Gasteiger partial charge is 0.373 e. The summed E-state index contributed by atoms with van der Waals surface area (Å²) < 4.78 is 5.90. The topological polar surface area (TPSA) is 61.5 Å². The minimum absolute atomic E-state index is 0.173. The van der Waals surface area contributed by atoms with Crippen LogP contribution in [0.15, 0.2) is 18.3 Å². The van der Waals surface area contributed by atoms with E-state index >= 15 is 0 Å². The zero-order valence-electron chi connectivity index (χ0n) is 16.6. The summed E-state index contributed by atoms with van der Waals surface area (Å²) in [6.07, 6.45) is 4.51. The Morgan fingerprint density at radius 3 is 2.81 bits per heavy atom. The maximum Gasteiger partial charge on any atom is 0.219 e. The summed E-state index contributed by atoms with van der Waals surface area (Å²) in [5, 5.41) is 1.21. The summed E-state index contributed by atoms with van der Waals surface area (Å²) in [5.41, 5.74) is 3.56. The number of hydrogen-bond donors (Lipinski definition) is 1. The number of H-pyrrole nitrogens is 1. The van der Waals surface area contributed by atoms with E-state index in [2.05, 4.69) is 34.8 Å². The fourth-order valence-electron chi connectivity index (χ4n) is 4.75. The van der Waals surface area contributed by atoms with Crippen LogP contribution < -0.4 is 0 Å². The van der Waals surface area contributed by atoms with E-state index in [-0.39, 0.29) is 18.1 Å². The molecule has 0 saturated carbocycles. The predicted octanol–water partition coefficient (Wildman–Crippen LogP) is 2.90. The van der Waals surface area contributed by atoms with Crippen molar-refractivity contribution in [2.45, 2.75) is 58.3 Å². The number of piperidine rings is 1. The molecule has 0 radical (unpaired) electrons. The maximum absolute atomic E-state index is 11.9. The summed E-state index contributed by atoms with van der Waals surface area (Å²) in [7, 11) is 0. The zero-order chi connectivity index (χ0) is 19.0. The number of aromatic nitrogens is 2. The molecule has 0 unspecified atom stereocenters. The van der Waals surface area contributed by atoms with Crippen LogP contribution in [0.1, 0.15) is 50.8 Å². The van der Waals surface area contributed by atoms with Gasteiger partial charge >= 0.3 is 0 Å². The molecule has 4 rings (SSSR count). The molecule has 0 aliphatic carbocycles. The molecule has 1 N–H and O–H groups in total. The Kier molecular flexibility index (Phi) is 5.19. The Balaban J connectivity index is 1.66. The number of carbonyl (C=O) groups excluding carboxylic acids is 1. The van der Waals surface area contributed by atoms with Gasteiger partial charge in [0.1, 0.15) is 5.65 Å². The summed E-state index contributed by atoms with van der Waals surface area (Å²) in [5.74, 6) is 0.522. The second-order valence-corrected chi connectivity index (χ2v) is 8.17. The highest BCUT2D eigenvalue weighted by atomic mass is 16.5. The van der Waals surface area contributed by atoms with Crippen molar-refractivity contribution in [3.05, 3.63) is 29.6 Å². The summed E-state index contributed by atoms with van der Waals surface area (Å²) in [6.45, 7) is 10.4. The molecule has 6 heteroatoms. The number of nitrogens with one attached hydrogen (secondary N) is 1. The standard InChI is InChI=1S/C21H30N4O2/c1-14-10-24(11-15(2)27-14)13-19-18-7-4-8-22-21(18)23-20(19)17-6-5-9-25(12-17)16(3)26/h4,7-8,14-15,17H,5-6,9-13H2,1-3H3,(H,22,23)/t14-,15+,17-/m0/s1. The van der Waals surface area contributed by atoms with Gasteiger partial charge in [-0.25, -0.2) is 4.98 Å². The van der Waals surface area contributed by atoms with Gasteiger partial charge in [0.05, 0.1) is 12.2 Å². The highest BCUT2D eigenvalue weighted by Gasteiger charge is 2.29. The summed E-state index contributed by atoms with van der Waals surface area (Å²) in [4.78, 5) is 24.5. The smallest absolute Gasteiger partial charge is 0.219 e. The normalized spacial score (nSPS) is 27.2. The molecule has 3 atom stereocenters. The molecule has 6 nitrogen and oxygen atoms in total. The third-order valence-electron chi connectivity index (χ3n) is 5.86. The van der Waals surface area contributed by atoms with Crippen LogP contribution in [0.2, 0.25) is 0 Å². The van der Waals surface area contributed by atoms with Gasteiger partial charge in [0.15, 0.2) is 0 Å². The van der Waals surface area contributed by atoms with E-state index in [0.29, 0.717) is 5.92 Å². The van der Waals surface area contributed by atoms with E-state index in [4.69, 9.17) is 4.74 Å². The lowest BCUT2D eigenvalue weighted by atomic mass is 9.91. The highest BCUT2D eigenvalue weighted by Crippen LogP contribution is 2.33. The van der Waals surface area contributed by atoms with Crippen molar-refractivity contribution in [2.75, 3.05) is 26.2 Å². The van der Waals surface area contributed by atoms with Crippen molar-refractivity contribution in [1.82, 2.24) is 19.8 Å². The van der Waals surface area contributed by atoms with Crippen molar-refractivity contribution in [2.24, 2.45) is 0 Å². The molecule has 2 aliphatic heterocycles. The van der Waals surface area contributed by atoms with E-state index in [1.165, 1.54) is 16.6 Å². The molecule has 0 spiro atoms. The minimum Gasteiger partial charge on any atom is -0.373 e. The van der Waals surface area contributed by atoms with Gasteiger partial charge in [0, 0.05) is 62.8 Å². The van der Waals surface area contributed by atoms with Gasteiger partial charge in [-0.15, -0.1) is 0 Å². The third-order valence-corrected chi connectivity index (χ3v) is 5.86. The fourth-order valence-corrected chi connectivity index (χ4v) is 4.75. The average molecular weight is 370 g/mol. The Morgan fingerprint density at radius 2 is 2.07 bits per heavy atom. The monoisotopic (exact) mass is 370 g/mol. The van der Waals surface area contributed by atoms with Crippen molar-refractivity contribution < 1.29 is 9.53 Å². The molecule has 0 aromatic carbocycles. The number of carbonyl (C=O) groups is 1. The van der Waals surface area contributed by atoms with Crippen LogP contribution in [0.25, 0.3) is 11.0 Å². The first kappa shape index (κ1) is 18.4. The first-order chi connectivity index (χ1) is 13.0. The van der Waals surface area contributed by atoms with Gasteiger partial charge in [-0.1, -0.05) is 0 Å². The van der Waals surface area contributed by atoms with Crippen molar-refractivity contribution in [1.29, 1.82) is 0 Å². The van der Waals surface area contributed by atoms with Crippen LogP contribution in [0.3, 0.4) is 0 Å². The number of morpholine rings is 1. The van der Waals surface area contributed by atoms with Gasteiger partial charge < -0.3 is 14.6 Å². The Morgan fingerprint density at radius 1 is 1.30 bits per heavy atom. The van der Waals surface area contributed by atoms with Gasteiger partial charge in [0.2, 0.25) is 5.91 Å². The van der Waals surface area contributed by atoms with Gasteiger partial charge in [-0.05, 0) is 44.4 Å². The first-order valence-electron chi connectivity index (χ1n) is 10.1. The molecule has 1 amide bonds. The number of fused-ring (bicyclic) bond motifs is 1. The molecular formula is C21H30N4O2. The van der Waals surface area contributed by atoms with E-state index in [9.17, 15) is 4.79 Å². The number of aromatic amines is 1. The van der Waals surface area contributed by atoms with E-state index < -0.39 is 0 Å². The van der Waals surface area contributed by atoms with Crippen LogP contribution in [-0.4, -0.2) is 64.1 Å². The van der Waals surface area contributed by atoms with Crippen LogP contribution >= 0.6 is 0 Å². The van der Waals surface area contributed by atoms with E-state index in [1.54, 1.807) is 6.92 Å². The molecule has 2 aromatic heterocycles. The quantitative estimate of drug-likeness (QED) is 0.902. The van der Waals surface area contributed by atoms with Crippen LogP contribution in [0.4, 0.5) is 0 Å². The van der Waals surface area contributed by atoms with Crippen LogP contribution in [0, 0.1) is 0 Å². The highest BCUT2D eigenvalue weighted by molar-refractivity contribution is 5.81. The molecular weight excluding hydrogens is 340 g/mol.